The summed E-state index contributed by atoms with van der Waals surface area (Å²) >= 11 is 0. The van der Waals surface area contributed by atoms with Crippen LogP contribution >= 0.6 is 0 Å². The zero-order valence-electron chi connectivity index (χ0n) is 10.6. The number of nitrogens with one attached hydrogen (secondary N) is 1. The average molecular weight is 255 g/mol. The Kier molecular flexibility index (Phi) is 4.91. The lowest BCUT2D eigenvalue weighted by Gasteiger charge is -2.10. The van der Waals surface area contributed by atoms with Crippen LogP contribution in [0.1, 0.15) is 35.7 Å². The van der Waals surface area contributed by atoms with Crippen molar-refractivity contribution in [1.29, 1.82) is 0 Å². The third-order valence-corrected chi connectivity index (χ3v) is 2.42. The third-order valence-electron chi connectivity index (χ3n) is 2.42. The molecule has 0 aliphatic rings. The number of furan rings is 1. The molecule has 0 aromatic carbocycles. The Hall–Kier alpha value is -1.82. The fourth-order valence-electron chi connectivity index (χ4n) is 1.45. The second-order valence-electron chi connectivity index (χ2n) is 3.84. The van der Waals surface area contributed by atoms with Crippen LogP contribution in [0, 0.1) is 6.92 Å². The van der Waals surface area contributed by atoms with Gasteiger partial charge in [0.15, 0.2) is 0 Å². The third kappa shape index (κ3) is 3.59. The summed E-state index contributed by atoms with van der Waals surface area (Å²) in [5.74, 6) is -0.552. The summed E-state index contributed by atoms with van der Waals surface area (Å²) in [4.78, 5) is 22.1. The quantitative estimate of drug-likeness (QED) is 0.745. The van der Waals surface area contributed by atoms with E-state index in [9.17, 15) is 9.59 Å². The van der Waals surface area contributed by atoms with Crippen molar-refractivity contribution in [3.63, 3.8) is 0 Å². The van der Waals surface area contributed by atoms with Crippen LogP contribution < -0.4 is 5.32 Å². The van der Waals surface area contributed by atoms with Crippen LogP contribution in [0.5, 0.6) is 0 Å². The number of carbonyl (C=O) groups is 2. The van der Waals surface area contributed by atoms with E-state index in [-0.39, 0.29) is 18.1 Å². The monoisotopic (exact) mass is 255 g/mol. The Morgan fingerprint density at radius 2 is 2.22 bits per heavy atom. The van der Waals surface area contributed by atoms with Gasteiger partial charge in [-0.15, -0.1) is 0 Å². The van der Waals surface area contributed by atoms with Gasteiger partial charge in [-0.25, -0.2) is 4.79 Å². The van der Waals surface area contributed by atoms with Gasteiger partial charge in [0.05, 0.1) is 13.2 Å². The first kappa shape index (κ1) is 14.2. The minimum absolute atomic E-state index is 0.135. The highest BCUT2D eigenvalue weighted by molar-refractivity contribution is 5.88. The number of ether oxygens (including phenoxy) is 1. The molecule has 1 atom stereocenters. The lowest BCUT2D eigenvalue weighted by atomic mass is 10.2. The van der Waals surface area contributed by atoms with Gasteiger partial charge in [0.2, 0.25) is 0 Å². The Morgan fingerprint density at radius 1 is 1.56 bits per heavy atom. The molecule has 1 heterocycles. The number of rotatable bonds is 6. The molecule has 0 spiro atoms. The standard InChI is InChI=1S/C12H17NO5/c1-4-17-12(16)7(2)13-6-9-5-10(11(14)15)8(3)18-9/h5,7,13H,4,6H2,1-3H3,(H,14,15). The maximum absolute atomic E-state index is 11.3. The van der Waals surface area contributed by atoms with Crippen molar-refractivity contribution >= 4 is 11.9 Å². The summed E-state index contributed by atoms with van der Waals surface area (Å²) in [6.45, 7) is 5.59. The Morgan fingerprint density at radius 3 is 2.72 bits per heavy atom. The van der Waals surface area contributed by atoms with E-state index in [2.05, 4.69) is 5.32 Å². The molecular weight excluding hydrogens is 238 g/mol. The molecule has 1 aromatic heterocycles. The van der Waals surface area contributed by atoms with E-state index in [1.807, 2.05) is 0 Å². The number of carbonyl (C=O) groups excluding carboxylic acids is 1. The van der Waals surface area contributed by atoms with E-state index in [0.717, 1.165) is 0 Å². The van der Waals surface area contributed by atoms with Gasteiger partial charge in [-0.3, -0.25) is 10.1 Å². The second-order valence-corrected chi connectivity index (χ2v) is 3.84. The van der Waals surface area contributed by atoms with Crippen molar-refractivity contribution in [2.75, 3.05) is 6.61 Å². The van der Waals surface area contributed by atoms with Gasteiger partial charge in [0, 0.05) is 0 Å². The Labute approximate surface area is 105 Å². The Bertz CT molecular complexity index is 438. The normalized spacial score (nSPS) is 12.2. The minimum atomic E-state index is -1.03. The van der Waals surface area contributed by atoms with Gasteiger partial charge in [0.25, 0.3) is 0 Å². The predicted molar refractivity (Wildman–Crippen MR) is 63.3 cm³/mol. The molecule has 6 heteroatoms. The van der Waals surface area contributed by atoms with E-state index in [0.29, 0.717) is 18.1 Å². The molecule has 100 valence electrons. The molecule has 0 fully saturated rings. The molecule has 1 unspecified atom stereocenters. The molecule has 1 aromatic rings. The van der Waals surface area contributed by atoms with Crippen LogP contribution in [0.2, 0.25) is 0 Å². The maximum Gasteiger partial charge on any atom is 0.339 e. The van der Waals surface area contributed by atoms with Crippen LogP contribution in [0.25, 0.3) is 0 Å². The number of carboxylic acids is 1. The van der Waals surface area contributed by atoms with Crippen molar-refractivity contribution in [3.8, 4) is 0 Å². The van der Waals surface area contributed by atoms with E-state index >= 15 is 0 Å². The van der Waals surface area contributed by atoms with Crippen molar-refractivity contribution in [1.82, 2.24) is 5.32 Å². The summed E-state index contributed by atoms with van der Waals surface area (Å²) < 4.78 is 10.1. The molecule has 6 nitrogen and oxygen atoms in total. The number of aromatic carboxylic acids is 1. The van der Waals surface area contributed by atoms with Gasteiger partial charge >= 0.3 is 11.9 Å². The molecule has 0 saturated heterocycles. The summed E-state index contributed by atoms with van der Waals surface area (Å²) in [6.07, 6.45) is 0. The van der Waals surface area contributed by atoms with E-state index in [4.69, 9.17) is 14.3 Å². The van der Waals surface area contributed by atoms with Crippen LogP contribution in [0.15, 0.2) is 10.5 Å². The molecule has 0 radical (unpaired) electrons. The Balaban J connectivity index is 2.56. The molecule has 18 heavy (non-hydrogen) atoms. The highest BCUT2D eigenvalue weighted by atomic mass is 16.5. The van der Waals surface area contributed by atoms with E-state index in [1.165, 1.54) is 6.07 Å². The van der Waals surface area contributed by atoms with Crippen LogP contribution in [0.4, 0.5) is 0 Å². The van der Waals surface area contributed by atoms with Gasteiger partial charge in [-0.1, -0.05) is 0 Å². The van der Waals surface area contributed by atoms with E-state index in [1.54, 1.807) is 20.8 Å². The molecule has 0 amide bonds. The zero-order valence-corrected chi connectivity index (χ0v) is 10.6. The molecule has 1 rings (SSSR count). The maximum atomic E-state index is 11.3. The second kappa shape index (κ2) is 6.20. The minimum Gasteiger partial charge on any atom is -0.478 e. The number of hydrogen-bond acceptors (Lipinski definition) is 5. The molecule has 0 saturated carbocycles. The number of hydrogen-bond donors (Lipinski definition) is 2. The van der Waals surface area contributed by atoms with Gasteiger partial charge in [0.1, 0.15) is 23.1 Å². The van der Waals surface area contributed by atoms with Crippen molar-refractivity contribution in [2.24, 2.45) is 0 Å². The number of carboxylic acid groups (broad SMARTS) is 1. The number of aryl methyl sites for hydroxylation is 1. The molecular formula is C12H17NO5. The zero-order chi connectivity index (χ0) is 13.7. The lowest BCUT2D eigenvalue weighted by Crippen LogP contribution is -2.34. The highest BCUT2D eigenvalue weighted by Gasteiger charge is 2.16. The molecule has 0 aliphatic heterocycles. The van der Waals surface area contributed by atoms with Crippen molar-refractivity contribution in [3.05, 3.63) is 23.2 Å². The summed E-state index contributed by atoms with van der Waals surface area (Å²) in [5.41, 5.74) is 0.135. The smallest absolute Gasteiger partial charge is 0.339 e. The molecule has 0 aliphatic carbocycles. The highest BCUT2D eigenvalue weighted by Crippen LogP contribution is 2.14. The van der Waals surface area contributed by atoms with Gasteiger partial charge < -0.3 is 14.3 Å². The first-order chi connectivity index (χ1) is 8.45. The number of esters is 1. The van der Waals surface area contributed by atoms with Crippen LogP contribution in [-0.2, 0) is 16.1 Å². The first-order valence-electron chi connectivity index (χ1n) is 5.68. The van der Waals surface area contributed by atoms with Crippen molar-refractivity contribution in [2.45, 2.75) is 33.4 Å². The van der Waals surface area contributed by atoms with E-state index < -0.39 is 12.0 Å². The average Bonchev–Trinajstić information content (AvgIpc) is 2.68. The first-order valence-corrected chi connectivity index (χ1v) is 5.68. The van der Waals surface area contributed by atoms with Crippen molar-refractivity contribution < 1.29 is 23.8 Å². The molecule has 0 bridgehead atoms. The van der Waals surface area contributed by atoms with Crippen LogP contribution in [-0.4, -0.2) is 29.7 Å². The topological polar surface area (TPSA) is 88.8 Å². The van der Waals surface area contributed by atoms with Gasteiger partial charge in [-0.05, 0) is 26.8 Å². The summed E-state index contributed by atoms with van der Waals surface area (Å²) in [5, 5.41) is 11.8. The summed E-state index contributed by atoms with van der Waals surface area (Å²) in [7, 11) is 0. The van der Waals surface area contributed by atoms with Crippen LogP contribution in [0.3, 0.4) is 0 Å². The fourth-order valence-corrected chi connectivity index (χ4v) is 1.45. The lowest BCUT2D eigenvalue weighted by molar-refractivity contribution is -0.145. The summed E-state index contributed by atoms with van der Waals surface area (Å²) in [6, 6.07) is 0.978. The predicted octanol–water partition coefficient (Wildman–Crippen LogP) is 1.33. The SMILES string of the molecule is CCOC(=O)C(C)NCc1cc(C(=O)O)c(C)o1. The fraction of sp³-hybridized carbons (Fsp3) is 0.500. The molecule has 2 N–H and O–H groups in total. The van der Waals surface area contributed by atoms with Gasteiger partial charge in [-0.2, -0.15) is 0 Å². The largest absolute Gasteiger partial charge is 0.478 e.